The van der Waals surface area contributed by atoms with Crippen molar-refractivity contribution in [2.45, 2.75) is 12.0 Å². The number of allylic oxidation sites excluding steroid dienone is 2. The van der Waals surface area contributed by atoms with E-state index in [1.54, 1.807) is 0 Å². The van der Waals surface area contributed by atoms with E-state index in [1.807, 2.05) is 0 Å². The summed E-state index contributed by atoms with van der Waals surface area (Å²) >= 11 is 0. The molecule has 2 atom stereocenters. The molecule has 0 amide bonds. The van der Waals surface area contributed by atoms with Crippen molar-refractivity contribution in [3.05, 3.63) is 43.9 Å². The maximum absolute atomic E-state index is 13.2. The number of hydrogen-bond donors (Lipinski definition) is 0. The highest BCUT2D eigenvalue weighted by atomic mass is 19.2. The molecule has 0 aromatic heterocycles. The van der Waals surface area contributed by atoms with Crippen molar-refractivity contribution in [3.63, 3.8) is 0 Å². The zero-order valence-corrected chi connectivity index (χ0v) is 6.89. The van der Waals surface area contributed by atoms with Gasteiger partial charge in [-0.25, -0.2) is 8.78 Å². The summed E-state index contributed by atoms with van der Waals surface area (Å²) in [4.78, 5) is 17.0. The summed E-state index contributed by atoms with van der Waals surface area (Å²) < 4.78 is 39.0. The van der Waals surface area contributed by atoms with E-state index in [9.17, 15) is 33.4 Å². The number of rotatable bonds is 2. The molecule has 1 rings (SSSR count). The molecule has 0 N–H and O–H groups in total. The number of nitrogens with zero attached hydrogens (tertiary/aromatic N) is 2. The lowest BCUT2D eigenvalue weighted by atomic mass is 10.0. The van der Waals surface area contributed by atoms with Crippen LogP contribution in [-0.4, -0.2) is 21.8 Å². The van der Waals surface area contributed by atoms with Crippen LogP contribution >= 0.6 is 0 Å². The van der Waals surface area contributed by atoms with Crippen molar-refractivity contribution in [3.8, 4) is 0 Å². The minimum Gasteiger partial charge on any atom is -0.261 e. The molecular formula is C6H3F3N2O4. The summed E-state index contributed by atoms with van der Waals surface area (Å²) in [7, 11) is 0. The van der Waals surface area contributed by atoms with Gasteiger partial charge in [0.2, 0.25) is 5.83 Å². The standard InChI is InChI=1S/C6H3F3N2O4/c7-4-2-1-3(10(12)13)5(8)6(4,9)11(14)15/h1-2,5H. The first-order valence-corrected chi connectivity index (χ1v) is 3.51. The Hall–Kier alpha value is -1.93. The number of alkyl halides is 2. The third-order valence-corrected chi connectivity index (χ3v) is 1.81. The predicted molar refractivity (Wildman–Crippen MR) is 40.0 cm³/mol. The summed E-state index contributed by atoms with van der Waals surface area (Å²) in [5.41, 5.74) is -1.39. The van der Waals surface area contributed by atoms with Crippen molar-refractivity contribution in [2.75, 3.05) is 0 Å². The van der Waals surface area contributed by atoms with Crippen molar-refractivity contribution >= 4 is 0 Å². The van der Waals surface area contributed by atoms with Crippen LogP contribution in [0.4, 0.5) is 13.2 Å². The lowest BCUT2D eigenvalue weighted by Gasteiger charge is -2.19. The van der Waals surface area contributed by atoms with Gasteiger partial charge in [-0.1, -0.05) is 0 Å². The highest BCUT2D eigenvalue weighted by Gasteiger charge is 2.63. The summed E-state index contributed by atoms with van der Waals surface area (Å²) in [5, 5.41) is 20.3. The van der Waals surface area contributed by atoms with Crippen LogP contribution in [0.1, 0.15) is 0 Å². The fraction of sp³-hybridized carbons (Fsp3) is 0.333. The third kappa shape index (κ3) is 1.45. The van der Waals surface area contributed by atoms with Crippen LogP contribution in [-0.2, 0) is 0 Å². The van der Waals surface area contributed by atoms with E-state index in [-0.39, 0.29) is 6.08 Å². The Morgan fingerprint density at radius 3 is 2.27 bits per heavy atom. The van der Waals surface area contributed by atoms with E-state index in [0.29, 0.717) is 6.08 Å². The van der Waals surface area contributed by atoms with Gasteiger partial charge >= 0.3 is 5.79 Å². The molecule has 1 aliphatic rings. The van der Waals surface area contributed by atoms with Gasteiger partial charge in [0.1, 0.15) is 0 Å². The second-order valence-corrected chi connectivity index (χ2v) is 2.66. The van der Waals surface area contributed by atoms with E-state index >= 15 is 0 Å². The second-order valence-electron chi connectivity index (χ2n) is 2.66. The Morgan fingerprint density at radius 1 is 1.33 bits per heavy atom. The molecular weight excluding hydrogens is 221 g/mol. The molecule has 1 aliphatic carbocycles. The number of nitro groups is 2. The first kappa shape index (κ1) is 11.1. The van der Waals surface area contributed by atoms with Crippen LogP contribution in [0.2, 0.25) is 0 Å². The zero-order chi connectivity index (χ0) is 11.8. The Bertz CT molecular complexity index is 394. The second kappa shape index (κ2) is 3.33. The average Bonchev–Trinajstić information content (AvgIpc) is 2.13. The van der Waals surface area contributed by atoms with Gasteiger partial charge in [-0.2, -0.15) is 4.39 Å². The first-order chi connectivity index (χ1) is 6.81. The summed E-state index contributed by atoms with van der Waals surface area (Å²) in [6, 6.07) is 0. The Kier molecular flexibility index (Phi) is 2.48. The van der Waals surface area contributed by atoms with E-state index in [4.69, 9.17) is 0 Å². The minimum absolute atomic E-state index is 0.164. The van der Waals surface area contributed by atoms with Crippen LogP contribution < -0.4 is 0 Å². The molecule has 2 unspecified atom stereocenters. The molecule has 0 bridgehead atoms. The Balaban J connectivity index is 3.27. The largest absolute Gasteiger partial charge is 0.451 e. The van der Waals surface area contributed by atoms with E-state index in [1.165, 1.54) is 0 Å². The Labute approximate surface area is 80.0 Å². The lowest BCUT2D eigenvalue weighted by molar-refractivity contribution is -0.611. The van der Waals surface area contributed by atoms with Gasteiger partial charge in [0.25, 0.3) is 11.9 Å². The van der Waals surface area contributed by atoms with Crippen molar-refractivity contribution in [1.82, 2.24) is 0 Å². The first-order valence-electron chi connectivity index (χ1n) is 3.51. The normalized spacial score (nSPS) is 30.5. The summed E-state index contributed by atoms with van der Waals surface area (Å²) in [5.74, 6) is -6.22. The molecule has 0 fully saturated rings. The minimum atomic E-state index is -4.21. The maximum atomic E-state index is 13.2. The van der Waals surface area contributed by atoms with E-state index in [2.05, 4.69) is 0 Å². The molecule has 0 spiro atoms. The fourth-order valence-electron chi connectivity index (χ4n) is 1.01. The molecule has 9 heteroatoms. The van der Waals surface area contributed by atoms with Crippen LogP contribution in [0, 0.1) is 20.2 Å². The molecule has 82 valence electrons. The summed E-state index contributed by atoms with van der Waals surface area (Å²) in [6.07, 6.45) is -2.76. The van der Waals surface area contributed by atoms with Gasteiger partial charge in [-0.3, -0.25) is 20.2 Å². The van der Waals surface area contributed by atoms with Crippen molar-refractivity contribution < 1.29 is 23.0 Å². The molecule has 0 aromatic carbocycles. The molecule has 0 radical (unpaired) electrons. The molecule has 0 saturated carbocycles. The van der Waals surface area contributed by atoms with Crippen LogP contribution in [0.25, 0.3) is 0 Å². The predicted octanol–water partition coefficient (Wildman–Crippen LogP) is 1.29. The quantitative estimate of drug-likeness (QED) is 0.401. The maximum Gasteiger partial charge on any atom is 0.451 e. The average molecular weight is 224 g/mol. The van der Waals surface area contributed by atoms with Crippen LogP contribution in [0.3, 0.4) is 0 Å². The van der Waals surface area contributed by atoms with Crippen molar-refractivity contribution in [2.24, 2.45) is 0 Å². The van der Waals surface area contributed by atoms with Crippen LogP contribution in [0.5, 0.6) is 0 Å². The fourth-order valence-corrected chi connectivity index (χ4v) is 1.01. The van der Waals surface area contributed by atoms with Gasteiger partial charge < -0.3 is 0 Å². The number of hydrogen-bond acceptors (Lipinski definition) is 4. The molecule has 6 nitrogen and oxygen atoms in total. The molecule has 0 aromatic rings. The zero-order valence-electron chi connectivity index (χ0n) is 6.89. The molecule has 15 heavy (non-hydrogen) atoms. The molecule has 0 saturated heterocycles. The Morgan fingerprint density at radius 2 is 1.87 bits per heavy atom. The smallest absolute Gasteiger partial charge is 0.261 e. The molecule has 0 aliphatic heterocycles. The van der Waals surface area contributed by atoms with Gasteiger partial charge in [-0.15, -0.1) is 0 Å². The van der Waals surface area contributed by atoms with E-state index < -0.39 is 33.3 Å². The van der Waals surface area contributed by atoms with Gasteiger partial charge in [-0.05, 0) is 6.08 Å². The van der Waals surface area contributed by atoms with Gasteiger partial charge in [0, 0.05) is 6.08 Å². The topological polar surface area (TPSA) is 86.3 Å². The SMILES string of the molecule is O=[N+]([O-])C1=CC=C(F)C(F)([N+](=O)[O-])C1F. The van der Waals surface area contributed by atoms with Crippen LogP contribution in [0.15, 0.2) is 23.7 Å². The lowest BCUT2D eigenvalue weighted by Crippen LogP contribution is -2.47. The molecule has 0 heterocycles. The van der Waals surface area contributed by atoms with Gasteiger partial charge in [0.05, 0.1) is 9.85 Å². The number of halogens is 3. The van der Waals surface area contributed by atoms with Crippen molar-refractivity contribution in [1.29, 1.82) is 0 Å². The third-order valence-electron chi connectivity index (χ3n) is 1.81. The highest BCUT2D eigenvalue weighted by Crippen LogP contribution is 2.37. The van der Waals surface area contributed by atoms with E-state index in [0.717, 1.165) is 0 Å². The highest BCUT2D eigenvalue weighted by molar-refractivity contribution is 5.27. The monoisotopic (exact) mass is 224 g/mol. The van der Waals surface area contributed by atoms with Gasteiger partial charge in [0.15, 0.2) is 0 Å². The summed E-state index contributed by atoms with van der Waals surface area (Å²) in [6.45, 7) is 0.